The Morgan fingerprint density at radius 1 is 1.33 bits per heavy atom. The molecule has 2 aromatic rings. The Kier molecular flexibility index (Phi) is 3.29. The number of rotatable bonds is 3. The van der Waals surface area contributed by atoms with Gasteiger partial charge in [0.2, 0.25) is 0 Å². The van der Waals surface area contributed by atoms with Crippen molar-refractivity contribution in [3.05, 3.63) is 50.7 Å². The summed E-state index contributed by atoms with van der Waals surface area (Å²) in [5.41, 5.74) is 0.650. The van der Waals surface area contributed by atoms with Crippen molar-refractivity contribution >= 4 is 27.4 Å². The van der Waals surface area contributed by atoms with Crippen LogP contribution in [0.25, 0.3) is 11.3 Å². The minimum atomic E-state index is -0.475. The molecule has 0 N–H and O–H groups in total. The molecule has 92 valence electrons. The van der Waals surface area contributed by atoms with Crippen molar-refractivity contribution in [1.82, 2.24) is 0 Å². The highest BCUT2D eigenvalue weighted by Gasteiger charge is 2.14. The maximum absolute atomic E-state index is 11.1. The molecule has 5 nitrogen and oxygen atoms in total. The number of nitro groups is 1. The normalized spacial score (nSPS) is 10.3. The summed E-state index contributed by atoms with van der Waals surface area (Å²) >= 11 is 3.13. The second-order valence-electron chi connectivity index (χ2n) is 3.64. The highest BCUT2D eigenvalue weighted by molar-refractivity contribution is 9.10. The van der Waals surface area contributed by atoms with E-state index in [0.717, 1.165) is 0 Å². The Bertz CT molecular complexity index is 633. The van der Waals surface area contributed by atoms with Gasteiger partial charge in [0.05, 0.1) is 9.40 Å². The Balaban J connectivity index is 2.42. The number of furan rings is 1. The molecule has 0 radical (unpaired) electrons. The monoisotopic (exact) mass is 309 g/mol. The topological polar surface area (TPSA) is 73.3 Å². The summed E-state index contributed by atoms with van der Waals surface area (Å²) in [5, 5.41) is 10.7. The van der Waals surface area contributed by atoms with Crippen molar-refractivity contribution in [1.29, 1.82) is 0 Å². The number of ketones is 1. The molecule has 2 rings (SSSR count). The number of carbonyl (C=O) groups is 1. The molecule has 0 aliphatic rings. The van der Waals surface area contributed by atoms with E-state index in [9.17, 15) is 14.9 Å². The second-order valence-corrected chi connectivity index (χ2v) is 4.50. The molecule has 0 saturated heterocycles. The first-order valence-electron chi connectivity index (χ1n) is 5.04. The maximum Gasteiger partial charge on any atom is 0.283 e. The average Bonchev–Trinajstić information content (AvgIpc) is 2.77. The lowest BCUT2D eigenvalue weighted by atomic mass is 10.1. The number of nitro benzene ring substituents is 1. The fourth-order valence-corrected chi connectivity index (χ4v) is 2.01. The van der Waals surface area contributed by atoms with Crippen LogP contribution in [0.3, 0.4) is 0 Å². The van der Waals surface area contributed by atoms with Gasteiger partial charge >= 0.3 is 0 Å². The van der Waals surface area contributed by atoms with E-state index in [1.807, 2.05) is 0 Å². The van der Waals surface area contributed by atoms with Gasteiger partial charge in [-0.25, -0.2) is 0 Å². The zero-order valence-corrected chi connectivity index (χ0v) is 10.9. The molecule has 0 bridgehead atoms. The standard InChI is InChI=1S/C12H8BrNO4/c1-7(15)11-4-5-12(18-11)8-2-3-10(14(16)17)9(13)6-8/h2-6H,1H3. The molecule has 0 spiro atoms. The molecule has 0 aliphatic carbocycles. The number of Topliss-reactive ketones (excluding diaryl/α,β-unsaturated/α-hetero) is 1. The molecule has 0 atom stereocenters. The lowest BCUT2D eigenvalue weighted by molar-refractivity contribution is -0.385. The Morgan fingerprint density at radius 2 is 2.06 bits per heavy atom. The van der Waals surface area contributed by atoms with Crippen LogP contribution in [0.2, 0.25) is 0 Å². The molecule has 6 heteroatoms. The van der Waals surface area contributed by atoms with Crippen LogP contribution >= 0.6 is 15.9 Å². The Morgan fingerprint density at radius 3 is 2.56 bits per heavy atom. The molecular formula is C12H8BrNO4. The molecule has 0 aliphatic heterocycles. The van der Waals surface area contributed by atoms with Gasteiger partial charge in [0, 0.05) is 18.6 Å². The van der Waals surface area contributed by atoms with Crippen molar-refractivity contribution in [3.8, 4) is 11.3 Å². The van der Waals surface area contributed by atoms with Gasteiger partial charge in [-0.1, -0.05) is 0 Å². The SMILES string of the molecule is CC(=O)c1ccc(-c2ccc([N+](=O)[O-])c(Br)c2)o1. The number of hydrogen-bond donors (Lipinski definition) is 0. The van der Waals surface area contributed by atoms with Crippen LogP contribution in [-0.4, -0.2) is 10.7 Å². The molecule has 0 fully saturated rings. The van der Waals surface area contributed by atoms with Crippen molar-refractivity contribution < 1.29 is 14.1 Å². The molecular weight excluding hydrogens is 302 g/mol. The summed E-state index contributed by atoms with van der Waals surface area (Å²) in [6, 6.07) is 7.78. The van der Waals surface area contributed by atoms with Gasteiger partial charge < -0.3 is 4.42 Å². The van der Waals surface area contributed by atoms with E-state index in [1.165, 1.54) is 13.0 Å². The predicted octanol–water partition coefficient (Wildman–Crippen LogP) is 3.82. The largest absolute Gasteiger partial charge is 0.453 e. The summed E-state index contributed by atoms with van der Waals surface area (Å²) in [6.07, 6.45) is 0. The maximum atomic E-state index is 11.1. The van der Waals surface area contributed by atoms with Gasteiger partial charge in [-0.05, 0) is 40.2 Å². The zero-order chi connectivity index (χ0) is 13.3. The lowest BCUT2D eigenvalue weighted by Gasteiger charge is -1.99. The fraction of sp³-hybridized carbons (Fsp3) is 0.0833. The molecule has 18 heavy (non-hydrogen) atoms. The Labute approximate surface area is 111 Å². The van der Waals surface area contributed by atoms with Gasteiger partial charge in [-0.2, -0.15) is 0 Å². The minimum absolute atomic E-state index is 0.0166. The summed E-state index contributed by atoms with van der Waals surface area (Å²) in [4.78, 5) is 21.3. The number of hydrogen-bond acceptors (Lipinski definition) is 4. The van der Waals surface area contributed by atoms with Crippen molar-refractivity contribution in [2.24, 2.45) is 0 Å². The molecule has 0 unspecified atom stereocenters. The first-order valence-corrected chi connectivity index (χ1v) is 5.83. The van der Waals surface area contributed by atoms with E-state index in [2.05, 4.69) is 15.9 Å². The van der Waals surface area contributed by atoms with Gasteiger partial charge in [-0.3, -0.25) is 14.9 Å². The highest BCUT2D eigenvalue weighted by atomic mass is 79.9. The van der Waals surface area contributed by atoms with Crippen LogP contribution in [0.1, 0.15) is 17.5 Å². The van der Waals surface area contributed by atoms with Crippen LogP contribution < -0.4 is 0 Å². The number of halogens is 1. The minimum Gasteiger partial charge on any atom is -0.453 e. The number of carbonyl (C=O) groups excluding carboxylic acids is 1. The molecule has 1 aromatic heterocycles. The summed E-state index contributed by atoms with van der Waals surface area (Å²) in [5.74, 6) is 0.595. The van der Waals surface area contributed by atoms with Crippen LogP contribution in [0.5, 0.6) is 0 Å². The number of nitrogens with zero attached hydrogens (tertiary/aromatic N) is 1. The fourth-order valence-electron chi connectivity index (χ4n) is 1.49. The first kappa shape index (κ1) is 12.5. The van der Waals surface area contributed by atoms with Gasteiger partial charge in [-0.15, -0.1) is 0 Å². The third-order valence-electron chi connectivity index (χ3n) is 2.38. The smallest absolute Gasteiger partial charge is 0.283 e. The van der Waals surface area contributed by atoms with Crippen molar-refractivity contribution in [3.63, 3.8) is 0 Å². The first-order chi connectivity index (χ1) is 8.49. The van der Waals surface area contributed by atoms with Crippen LogP contribution in [0, 0.1) is 10.1 Å². The van der Waals surface area contributed by atoms with E-state index in [1.54, 1.807) is 24.3 Å². The molecule has 1 aromatic carbocycles. The van der Waals surface area contributed by atoms with Crippen molar-refractivity contribution in [2.45, 2.75) is 6.92 Å². The third kappa shape index (κ3) is 2.33. The van der Waals surface area contributed by atoms with Crippen LogP contribution in [0.4, 0.5) is 5.69 Å². The lowest BCUT2D eigenvalue weighted by Crippen LogP contribution is -1.89. The summed E-state index contributed by atoms with van der Waals surface area (Å²) in [7, 11) is 0. The molecule has 1 heterocycles. The Hall–Kier alpha value is -1.95. The van der Waals surface area contributed by atoms with E-state index in [-0.39, 0.29) is 17.2 Å². The zero-order valence-electron chi connectivity index (χ0n) is 9.34. The van der Waals surface area contributed by atoms with E-state index < -0.39 is 4.92 Å². The highest BCUT2D eigenvalue weighted by Crippen LogP contribution is 2.31. The third-order valence-corrected chi connectivity index (χ3v) is 3.02. The second kappa shape index (κ2) is 4.73. The number of benzene rings is 1. The quantitative estimate of drug-likeness (QED) is 0.491. The van der Waals surface area contributed by atoms with Gasteiger partial charge in [0.25, 0.3) is 5.69 Å². The van der Waals surface area contributed by atoms with Crippen LogP contribution in [0.15, 0.2) is 39.2 Å². The van der Waals surface area contributed by atoms with Crippen LogP contribution in [-0.2, 0) is 0 Å². The van der Waals surface area contributed by atoms with E-state index in [0.29, 0.717) is 15.8 Å². The summed E-state index contributed by atoms with van der Waals surface area (Å²) in [6.45, 7) is 1.41. The van der Waals surface area contributed by atoms with Crippen molar-refractivity contribution in [2.75, 3.05) is 0 Å². The molecule has 0 amide bonds. The van der Waals surface area contributed by atoms with E-state index >= 15 is 0 Å². The average molecular weight is 310 g/mol. The van der Waals surface area contributed by atoms with Gasteiger partial charge in [0.1, 0.15) is 5.76 Å². The van der Waals surface area contributed by atoms with Gasteiger partial charge in [0.15, 0.2) is 11.5 Å². The van der Waals surface area contributed by atoms with E-state index in [4.69, 9.17) is 4.42 Å². The summed E-state index contributed by atoms with van der Waals surface area (Å²) < 4.78 is 5.71. The predicted molar refractivity (Wildman–Crippen MR) is 68.5 cm³/mol. The molecule has 0 saturated carbocycles.